The molecule has 1 N–H and O–H groups in total. The molecular weight excluding hydrogens is 174 g/mol. The highest BCUT2D eigenvalue weighted by Crippen LogP contribution is 1.98. The molecule has 0 aliphatic rings. The van der Waals surface area contributed by atoms with Crippen molar-refractivity contribution in [3.63, 3.8) is 0 Å². The molecule has 0 amide bonds. The van der Waals surface area contributed by atoms with E-state index in [0.29, 0.717) is 0 Å². The third kappa shape index (κ3) is 1.96. The molecule has 0 atom stereocenters. The van der Waals surface area contributed by atoms with Crippen molar-refractivity contribution < 1.29 is 19.5 Å². The summed E-state index contributed by atoms with van der Waals surface area (Å²) in [6.07, 6.45) is 2.56. The summed E-state index contributed by atoms with van der Waals surface area (Å²) in [5.74, 6) is -4.26. The van der Waals surface area contributed by atoms with Crippen LogP contribution in [0.15, 0.2) is 24.5 Å². The molecule has 0 saturated carbocycles. The standard InChI is InChI=1S/C8H5NO4/c10-6(7(11)8(12)13)5-2-1-3-9-4-5/h1-4H,(H,12,13). The second-order valence-electron chi connectivity index (χ2n) is 2.21. The maximum Gasteiger partial charge on any atom is 0.380 e. The number of carbonyl (C=O) groups is 3. The predicted octanol–water partition coefficient (Wildman–Crippen LogP) is -0.0820. The molecule has 1 aromatic heterocycles. The summed E-state index contributed by atoms with van der Waals surface area (Å²) in [7, 11) is 0. The number of aliphatic carboxylic acids is 1. The third-order valence-corrected chi connectivity index (χ3v) is 1.32. The molecule has 1 aromatic rings. The first kappa shape index (κ1) is 9.05. The summed E-state index contributed by atoms with van der Waals surface area (Å²) in [6, 6.07) is 2.78. The van der Waals surface area contributed by atoms with Crippen LogP contribution >= 0.6 is 0 Å². The monoisotopic (exact) mass is 179 g/mol. The average molecular weight is 179 g/mol. The van der Waals surface area contributed by atoms with Gasteiger partial charge in [-0.05, 0) is 12.1 Å². The largest absolute Gasteiger partial charge is 0.475 e. The van der Waals surface area contributed by atoms with E-state index in [1.54, 1.807) is 0 Å². The Morgan fingerprint density at radius 2 is 2.00 bits per heavy atom. The van der Waals surface area contributed by atoms with Crippen LogP contribution in [0.4, 0.5) is 0 Å². The Hall–Kier alpha value is -2.04. The summed E-state index contributed by atoms with van der Waals surface area (Å²) in [6.45, 7) is 0. The van der Waals surface area contributed by atoms with E-state index in [1.807, 2.05) is 0 Å². The Morgan fingerprint density at radius 1 is 1.31 bits per heavy atom. The Kier molecular flexibility index (Phi) is 2.49. The van der Waals surface area contributed by atoms with Crippen molar-refractivity contribution in [2.45, 2.75) is 0 Å². The Balaban J connectivity index is 2.93. The lowest BCUT2D eigenvalue weighted by Crippen LogP contribution is -2.23. The summed E-state index contributed by atoms with van der Waals surface area (Å²) < 4.78 is 0. The normalized spacial score (nSPS) is 9.23. The molecule has 0 radical (unpaired) electrons. The van der Waals surface area contributed by atoms with Gasteiger partial charge >= 0.3 is 11.8 Å². The van der Waals surface area contributed by atoms with Gasteiger partial charge < -0.3 is 5.11 Å². The van der Waals surface area contributed by atoms with Gasteiger partial charge in [-0.1, -0.05) is 0 Å². The molecular formula is C8H5NO4. The Morgan fingerprint density at radius 3 is 2.46 bits per heavy atom. The number of pyridine rings is 1. The highest BCUT2D eigenvalue weighted by atomic mass is 16.4. The maximum atomic E-state index is 11.0. The molecule has 0 bridgehead atoms. The van der Waals surface area contributed by atoms with E-state index < -0.39 is 17.5 Å². The highest BCUT2D eigenvalue weighted by Gasteiger charge is 2.22. The zero-order valence-corrected chi connectivity index (χ0v) is 6.43. The number of hydrogen-bond acceptors (Lipinski definition) is 4. The van der Waals surface area contributed by atoms with Crippen molar-refractivity contribution >= 4 is 17.5 Å². The predicted molar refractivity (Wildman–Crippen MR) is 41.2 cm³/mol. The number of aromatic nitrogens is 1. The first-order valence-electron chi connectivity index (χ1n) is 3.35. The fourth-order valence-electron chi connectivity index (χ4n) is 0.725. The van der Waals surface area contributed by atoms with Gasteiger partial charge in [0.2, 0.25) is 5.78 Å². The lowest BCUT2D eigenvalue weighted by molar-refractivity contribution is -0.146. The number of carboxylic acid groups (broad SMARTS) is 1. The molecule has 13 heavy (non-hydrogen) atoms. The molecule has 0 aliphatic heterocycles. The zero-order valence-electron chi connectivity index (χ0n) is 6.43. The van der Waals surface area contributed by atoms with Crippen molar-refractivity contribution in [1.82, 2.24) is 4.98 Å². The molecule has 5 nitrogen and oxygen atoms in total. The van der Waals surface area contributed by atoms with Gasteiger partial charge in [0, 0.05) is 18.0 Å². The van der Waals surface area contributed by atoms with E-state index in [9.17, 15) is 14.4 Å². The number of ketones is 2. The number of carbonyl (C=O) groups excluding carboxylic acids is 2. The van der Waals surface area contributed by atoms with E-state index in [1.165, 1.54) is 18.3 Å². The summed E-state index contributed by atoms with van der Waals surface area (Å²) in [4.78, 5) is 35.4. The Labute approximate surface area is 73.0 Å². The van der Waals surface area contributed by atoms with Crippen LogP contribution in [0, 0.1) is 0 Å². The van der Waals surface area contributed by atoms with Gasteiger partial charge in [-0.15, -0.1) is 0 Å². The van der Waals surface area contributed by atoms with Crippen LogP contribution in [-0.2, 0) is 9.59 Å². The lowest BCUT2D eigenvalue weighted by atomic mass is 10.1. The van der Waals surface area contributed by atoms with E-state index in [2.05, 4.69) is 4.98 Å². The fraction of sp³-hybridized carbons (Fsp3) is 0. The number of rotatable bonds is 3. The van der Waals surface area contributed by atoms with Crippen LogP contribution in [0.5, 0.6) is 0 Å². The first-order chi connectivity index (χ1) is 6.13. The van der Waals surface area contributed by atoms with Crippen LogP contribution in [0.25, 0.3) is 0 Å². The van der Waals surface area contributed by atoms with Gasteiger partial charge in [-0.25, -0.2) is 4.79 Å². The minimum Gasteiger partial charge on any atom is -0.475 e. The molecule has 5 heteroatoms. The molecule has 0 fully saturated rings. The van der Waals surface area contributed by atoms with Crippen LogP contribution in [-0.4, -0.2) is 27.6 Å². The minimum absolute atomic E-state index is 0.0186. The second-order valence-corrected chi connectivity index (χ2v) is 2.21. The van der Waals surface area contributed by atoms with Gasteiger partial charge in [0.15, 0.2) is 0 Å². The van der Waals surface area contributed by atoms with Gasteiger partial charge in [0.25, 0.3) is 0 Å². The zero-order chi connectivity index (χ0) is 9.84. The van der Waals surface area contributed by atoms with Crippen LogP contribution in [0.3, 0.4) is 0 Å². The van der Waals surface area contributed by atoms with Crippen LogP contribution in [0.2, 0.25) is 0 Å². The van der Waals surface area contributed by atoms with Gasteiger partial charge in [0.05, 0.1) is 0 Å². The average Bonchev–Trinajstić information content (AvgIpc) is 2.17. The number of Topliss-reactive ketones (excluding diaryl/α,β-unsaturated/α-hetero) is 2. The first-order valence-corrected chi connectivity index (χ1v) is 3.35. The van der Waals surface area contributed by atoms with Gasteiger partial charge in [0.1, 0.15) is 0 Å². The van der Waals surface area contributed by atoms with E-state index in [0.717, 1.165) is 6.20 Å². The molecule has 0 aromatic carbocycles. The topological polar surface area (TPSA) is 84.3 Å². The molecule has 66 valence electrons. The quantitative estimate of drug-likeness (QED) is 0.398. The minimum atomic E-state index is -1.76. The smallest absolute Gasteiger partial charge is 0.380 e. The van der Waals surface area contributed by atoms with Crippen molar-refractivity contribution in [2.24, 2.45) is 0 Å². The van der Waals surface area contributed by atoms with Crippen molar-refractivity contribution in [3.05, 3.63) is 30.1 Å². The number of hydrogen-bond donors (Lipinski definition) is 1. The number of nitrogens with zero attached hydrogens (tertiary/aromatic N) is 1. The maximum absolute atomic E-state index is 11.0. The molecule has 1 heterocycles. The van der Waals surface area contributed by atoms with E-state index in [-0.39, 0.29) is 5.56 Å². The molecule has 0 saturated heterocycles. The molecule has 0 unspecified atom stereocenters. The molecule has 0 aliphatic carbocycles. The lowest BCUT2D eigenvalue weighted by Gasteiger charge is -1.93. The summed E-state index contributed by atoms with van der Waals surface area (Å²) in [5.41, 5.74) is -0.0186. The van der Waals surface area contributed by atoms with E-state index >= 15 is 0 Å². The second kappa shape index (κ2) is 3.57. The van der Waals surface area contributed by atoms with Crippen molar-refractivity contribution in [2.75, 3.05) is 0 Å². The van der Waals surface area contributed by atoms with Crippen LogP contribution in [0.1, 0.15) is 10.4 Å². The Bertz CT molecular complexity index is 358. The SMILES string of the molecule is O=C(O)C(=O)C(=O)c1cccnc1. The van der Waals surface area contributed by atoms with Crippen molar-refractivity contribution in [3.8, 4) is 0 Å². The van der Waals surface area contributed by atoms with Crippen molar-refractivity contribution in [1.29, 1.82) is 0 Å². The fourth-order valence-corrected chi connectivity index (χ4v) is 0.725. The van der Waals surface area contributed by atoms with Gasteiger partial charge in [-0.3, -0.25) is 14.6 Å². The summed E-state index contributed by atoms with van der Waals surface area (Å²) >= 11 is 0. The number of carboxylic acids is 1. The molecule has 1 rings (SSSR count). The molecule has 0 spiro atoms. The highest BCUT2D eigenvalue weighted by molar-refractivity contribution is 6.65. The van der Waals surface area contributed by atoms with Crippen LogP contribution < -0.4 is 0 Å². The van der Waals surface area contributed by atoms with Gasteiger partial charge in [-0.2, -0.15) is 0 Å². The van der Waals surface area contributed by atoms with E-state index in [4.69, 9.17) is 5.11 Å². The third-order valence-electron chi connectivity index (χ3n) is 1.32. The summed E-state index contributed by atoms with van der Waals surface area (Å²) in [5, 5.41) is 8.22.